The van der Waals surface area contributed by atoms with Crippen molar-refractivity contribution < 1.29 is 4.79 Å². The van der Waals surface area contributed by atoms with Gasteiger partial charge in [-0.15, -0.1) is 0 Å². The number of carbonyl (C=O) groups excluding carboxylic acids is 1. The van der Waals surface area contributed by atoms with E-state index in [0.29, 0.717) is 10.1 Å². The van der Waals surface area contributed by atoms with Gasteiger partial charge in [-0.1, -0.05) is 38.1 Å². The number of aromatic nitrogens is 1. The topological polar surface area (TPSA) is 54.4 Å². The van der Waals surface area contributed by atoms with E-state index in [-0.39, 0.29) is 5.91 Å². The van der Waals surface area contributed by atoms with Crippen molar-refractivity contribution in [2.45, 2.75) is 26.7 Å². The molecular formula is C23H21N3OS. The number of hydrogen-bond donors (Lipinski definition) is 1. The van der Waals surface area contributed by atoms with Crippen LogP contribution in [0.15, 0.2) is 64.6 Å². The van der Waals surface area contributed by atoms with Gasteiger partial charge in [0, 0.05) is 11.6 Å². The number of fused-ring (bicyclic) bond motifs is 1. The zero-order valence-corrected chi connectivity index (χ0v) is 16.7. The highest BCUT2D eigenvalue weighted by atomic mass is 32.2. The number of carbonyl (C=O) groups is 1. The number of aliphatic imine (C=N–C) groups is 1. The Morgan fingerprint density at radius 3 is 2.82 bits per heavy atom. The quantitative estimate of drug-likeness (QED) is 0.622. The van der Waals surface area contributed by atoms with Crippen LogP contribution in [0, 0.1) is 0 Å². The van der Waals surface area contributed by atoms with E-state index in [9.17, 15) is 4.79 Å². The normalized spacial score (nSPS) is 16.9. The lowest BCUT2D eigenvalue weighted by Gasteiger charge is -2.09. The van der Waals surface area contributed by atoms with Gasteiger partial charge >= 0.3 is 0 Å². The van der Waals surface area contributed by atoms with E-state index in [1.165, 1.54) is 22.9 Å². The van der Waals surface area contributed by atoms with Crippen LogP contribution in [0.4, 0.5) is 5.69 Å². The van der Waals surface area contributed by atoms with Crippen molar-refractivity contribution in [2.75, 3.05) is 0 Å². The fraction of sp³-hybridized carbons (Fsp3) is 0.174. The third-order valence-corrected chi connectivity index (χ3v) is 5.69. The Morgan fingerprint density at radius 1 is 1.11 bits per heavy atom. The molecule has 1 saturated heterocycles. The Hall–Kier alpha value is -2.92. The van der Waals surface area contributed by atoms with Crippen LogP contribution in [0.1, 0.15) is 30.5 Å². The van der Waals surface area contributed by atoms with Crippen LogP contribution in [-0.2, 0) is 17.6 Å². The van der Waals surface area contributed by atoms with Crippen molar-refractivity contribution in [2.24, 2.45) is 4.99 Å². The van der Waals surface area contributed by atoms with Gasteiger partial charge in [-0.25, -0.2) is 4.99 Å². The van der Waals surface area contributed by atoms with Crippen LogP contribution in [0.3, 0.4) is 0 Å². The van der Waals surface area contributed by atoms with Crippen LogP contribution >= 0.6 is 11.8 Å². The molecule has 1 aromatic heterocycles. The molecule has 0 radical (unpaired) electrons. The summed E-state index contributed by atoms with van der Waals surface area (Å²) in [6.07, 6.45) is 5.58. The van der Waals surface area contributed by atoms with Gasteiger partial charge < -0.3 is 5.32 Å². The Labute approximate surface area is 168 Å². The van der Waals surface area contributed by atoms with Gasteiger partial charge in [-0.3, -0.25) is 9.78 Å². The predicted octanol–water partition coefficient (Wildman–Crippen LogP) is 5.25. The molecule has 0 atom stereocenters. The number of nitrogens with one attached hydrogen (secondary N) is 1. The minimum Gasteiger partial charge on any atom is -0.300 e. The lowest BCUT2D eigenvalue weighted by Crippen LogP contribution is -2.19. The first-order valence-corrected chi connectivity index (χ1v) is 10.2. The molecule has 140 valence electrons. The summed E-state index contributed by atoms with van der Waals surface area (Å²) in [5, 5.41) is 4.57. The summed E-state index contributed by atoms with van der Waals surface area (Å²) in [5.41, 5.74) is 5.40. The number of amides is 1. The van der Waals surface area contributed by atoms with E-state index in [0.717, 1.165) is 35.0 Å². The fourth-order valence-corrected chi connectivity index (χ4v) is 4.23. The second-order valence-electron chi connectivity index (χ2n) is 6.56. The maximum absolute atomic E-state index is 12.4. The highest BCUT2D eigenvalue weighted by molar-refractivity contribution is 8.18. The van der Waals surface area contributed by atoms with Crippen molar-refractivity contribution in [3.8, 4) is 0 Å². The van der Waals surface area contributed by atoms with E-state index in [1.807, 2.05) is 48.5 Å². The third-order valence-electron chi connectivity index (χ3n) is 4.78. The van der Waals surface area contributed by atoms with Crippen LogP contribution in [0.2, 0.25) is 0 Å². The summed E-state index contributed by atoms with van der Waals surface area (Å²) in [4.78, 5) is 22.1. The molecule has 1 aliphatic heterocycles. The summed E-state index contributed by atoms with van der Waals surface area (Å²) >= 11 is 1.38. The predicted molar refractivity (Wildman–Crippen MR) is 118 cm³/mol. The molecule has 0 aliphatic carbocycles. The van der Waals surface area contributed by atoms with Crippen molar-refractivity contribution in [3.05, 3.63) is 76.3 Å². The molecular weight excluding hydrogens is 366 g/mol. The number of thioether (sulfide) groups is 1. The molecule has 0 saturated carbocycles. The van der Waals surface area contributed by atoms with Crippen molar-refractivity contribution >= 4 is 45.5 Å². The van der Waals surface area contributed by atoms with Crippen LogP contribution in [0.25, 0.3) is 17.0 Å². The lowest BCUT2D eigenvalue weighted by molar-refractivity contribution is -0.115. The van der Waals surface area contributed by atoms with E-state index in [2.05, 4.69) is 30.2 Å². The van der Waals surface area contributed by atoms with Crippen molar-refractivity contribution in [3.63, 3.8) is 0 Å². The number of amidine groups is 1. The number of hydrogen-bond acceptors (Lipinski definition) is 4. The molecule has 1 fully saturated rings. The molecule has 28 heavy (non-hydrogen) atoms. The summed E-state index contributed by atoms with van der Waals surface area (Å²) in [5.74, 6) is -0.111. The highest BCUT2D eigenvalue weighted by Gasteiger charge is 2.24. The Bertz CT molecular complexity index is 1120. The molecule has 2 aromatic carbocycles. The molecule has 4 rings (SSSR count). The lowest BCUT2D eigenvalue weighted by atomic mass is 10.0. The first-order chi connectivity index (χ1) is 13.7. The second kappa shape index (κ2) is 7.98. The van der Waals surface area contributed by atoms with E-state index in [1.54, 1.807) is 6.20 Å². The zero-order valence-electron chi connectivity index (χ0n) is 15.9. The van der Waals surface area contributed by atoms with Gasteiger partial charge in [0.25, 0.3) is 5.91 Å². The van der Waals surface area contributed by atoms with Crippen LogP contribution < -0.4 is 5.32 Å². The largest absolute Gasteiger partial charge is 0.300 e. The maximum Gasteiger partial charge on any atom is 0.264 e. The average molecular weight is 388 g/mol. The summed E-state index contributed by atoms with van der Waals surface area (Å²) in [7, 11) is 0. The number of nitrogens with zero attached hydrogens (tertiary/aromatic N) is 2. The van der Waals surface area contributed by atoms with Gasteiger partial charge in [-0.05, 0) is 71.6 Å². The van der Waals surface area contributed by atoms with Crippen molar-refractivity contribution in [1.29, 1.82) is 0 Å². The van der Waals surface area contributed by atoms with Gasteiger partial charge in [0.1, 0.15) is 0 Å². The highest BCUT2D eigenvalue weighted by Crippen LogP contribution is 2.31. The molecule has 2 heterocycles. The molecule has 1 N–H and O–H groups in total. The zero-order chi connectivity index (χ0) is 19.5. The second-order valence-corrected chi connectivity index (χ2v) is 7.59. The number of rotatable bonds is 4. The Morgan fingerprint density at radius 2 is 2.00 bits per heavy atom. The van der Waals surface area contributed by atoms with E-state index < -0.39 is 0 Å². The maximum atomic E-state index is 12.4. The molecule has 0 bridgehead atoms. The van der Waals surface area contributed by atoms with Gasteiger partial charge in [0.15, 0.2) is 5.17 Å². The Kier molecular flexibility index (Phi) is 5.26. The first kappa shape index (κ1) is 18.4. The first-order valence-electron chi connectivity index (χ1n) is 9.43. The Balaban J connectivity index is 1.63. The van der Waals surface area contributed by atoms with Crippen molar-refractivity contribution in [1.82, 2.24) is 10.3 Å². The minimum absolute atomic E-state index is 0.111. The van der Waals surface area contributed by atoms with Gasteiger partial charge in [0.2, 0.25) is 0 Å². The molecule has 3 aromatic rings. The molecule has 1 aliphatic rings. The number of aryl methyl sites for hydroxylation is 1. The minimum atomic E-state index is -0.111. The SMILES string of the molecule is CCc1cccc(N=C2NC(=O)C(=Cc3ccc4ncccc4c3)S2)c1CC. The molecule has 5 heteroatoms. The monoisotopic (exact) mass is 387 g/mol. The van der Waals surface area contributed by atoms with Gasteiger partial charge in [0.05, 0.1) is 16.1 Å². The third kappa shape index (κ3) is 3.71. The number of pyridine rings is 1. The van der Waals surface area contributed by atoms with Crippen LogP contribution in [-0.4, -0.2) is 16.1 Å². The standard InChI is InChI=1S/C23H21N3OS/c1-3-16-7-5-9-20(18(16)4-2)25-23-26-22(27)21(28-23)14-15-10-11-19-17(13-15)8-6-12-24-19/h5-14H,3-4H2,1-2H3,(H,25,26,27). The summed E-state index contributed by atoms with van der Waals surface area (Å²) < 4.78 is 0. The molecule has 4 nitrogen and oxygen atoms in total. The van der Waals surface area contributed by atoms with E-state index >= 15 is 0 Å². The molecule has 1 amide bonds. The summed E-state index contributed by atoms with van der Waals surface area (Å²) in [6, 6.07) is 16.1. The molecule has 0 unspecified atom stereocenters. The molecule has 0 spiro atoms. The smallest absolute Gasteiger partial charge is 0.264 e. The van der Waals surface area contributed by atoms with E-state index in [4.69, 9.17) is 4.99 Å². The summed E-state index contributed by atoms with van der Waals surface area (Å²) in [6.45, 7) is 4.29. The van der Waals surface area contributed by atoms with Gasteiger partial charge in [-0.2, -0.15) is 0 Å². The van der Waals surface area contributed by atoms with Crippen LogP contribution in [0.5, 0.6) is 0 Å². The fourth-order valence-electron chi connectivity index (χ4n) is 3.39. The average Bonchev–Trinajstić information content (AvgIpc) is 3.06. The number of benzene rings is 2.